The summed E-state index contributed by atoms with van der Waals surface area (Å²) in [6.45, 7) is 0.742. The summed E-state index contributed by atoms with van der Waals surface area (Å²) in [7, 11) is 3.21. The van der Waals surface area contributed by atoms with Crippen LogP contribution in [0.15, 0.2) is 24.3 Å². The van der Waals surface area contributed by atoms with Crippen molar-refractivity contribution in [1.82, 2.24) is 5.32 Å². The van der Waals surface area contributed by atoms with Gasteiger partial charge in [-0.2, -0.15) is 0 Å². The van der Waals surface area contributed by atoms with Gasteiger partial charge in [0.2, 0.25) is 0 Å². The van der Waals surface area contributed by atoms with Crippen molar-refractivity contribution >= 4 is 11.6 Å². The van der Waals surface area contributed by atoms with Gasteiger partial charge >= 0.3 is 0 Å². The molecule has 1 aliphatic carbocycles. The average Bonchev–Trinajstić information content (AvgIpc) is 2.90. The Kier molecular flexibility index (Phi) is 4.50. The molecule has 3 nitrogen and oxygen atoms in total. The molecule has 0 saturated heterocycles. The van der Waals surface area contributed by atoms with Gasteiger partial charge in [-0.15, -0.1) is 0 Å². The van der Waals surface area contributed by atoms with Gasteiger partial charge in [0.15, 0.2) is 11.5 Å². The van der Waals surface area contributed by atoms with Crippen LogP contribution in [0.5, 0.6) is 11.5 Å². The molecule has 0 atom stereocenters. The topological polar surface area (TPSA) is 30.5 Å². The smallest absolute Gasteiger partial charge is 0.179 e. The van der Waals surface area contributed by atoms with E-state index < -0.39 is 0 Å². The zero-order chi connectivity index (χ0) is 13.0. The molecular weight excluding hydrogens is 250 g/mol. The Morgan fingerprint density at radius 2 is 1.94 bits per heavy atom. The molecule has 1 aromatic carbocycles. The lowest BCUT2D eigenvalue weighted by Crippen LogP contribution is -2.25. The van der Waals surface area contributed by atoms with E-state index in [9.17, 15) is 0 Å². The van der Waals surface area contributed by atoms with Crippen molar-refractivity contribution in [3.63, 3.8) is 0 Å². The fraction of sp³-hybridized carbons (Fsp3) is 0.429. The third-order valence-corrected chi connectivity index (χ3v) is 3.57. The molecule has 0 fully saturated rings. The minimum absolute atomic E-state index is 0.522. The zero-order valence-electron chi connectivity index (χ0n) is 10.7. The number of nitrogens with one attached hydrogen (secondary N) is 1. The number of ether oxygens (including phenoxy) is 2. The fourth-order valence-corrected chi connectivity index (χ4v) is 2.40. The minimum atomic E-state index is 0.522. The molecule has 0 aliphatic heterocycles. The highest BCUT2D eigenvalue weighted by Crippen LogP contribution is 2.37. The lowest BCUT2D eigenvalue weighted by Gasteiger charge is -2.15. The molecule has 1 aliphatic rings. The summed E-state index contributed by atoms with van der Waals surface area (Å²) in [6.07, 6.45) is 6.58. The van der Waals surface area contributed by atoms with Gasteiger partial charge in [-0.05, 0) is 24.5 Å². The van der Waals surface area contributed by atoms with Crippen molar-refractivity contribution in [3.05, 3.63) is 34.9 Å². The summed E-state index contributed by atoms with van der Waals surface area (Å²) < 4.78 is 10.5. The van der Waals surface area contributed by atoms with Gasteiger partial charge in [0.05, 0.1) is 19.2 Å². The second-order valence-electron chi connectivity index (χ2n) is 4.29. The highest BCUT2D eigenvalue weighted by Gasteiger charge is 2.15. The maximum atomic E-state index is 6.32. The Bertz CT molecular complexity index is 438. The van der Waals surface area contributed by atoms with Crippen molar-refractivity contribution in [1.29, 1.82) is 0 Å². The SMILES string of the molecule is COc1ccc(CNC2CC=CC2)c(Cl)c1OC. The zero-order valence-corrected chi connectivity index (χ0v) is 11.5. The predicted molar refractivity (Wildman–Crippen MR) is 73.6 cm³/mol. The van der Waals surface area contributed by atoms with Gasteiger partial charge in [-0.1, -0.05) is 29.8 Å². The Morgan fingerprint density at radius 1 is 1.22 bits per heavy atom. The maximum absolute atomic E-state index is 6.32. The lowest BCUT2D eigenvalue weighted by molar-refractivity contribution is 0.354. The van der Waals surface area contributed by atoms with Gasteiger partial charge in [-0.25, -0.2) is 0 Å². The molecule has 1 aromatic rings. The molecule has 0 amide bonds. The van der Waals surface area contributed by atoms with Crippen LogP contribution in [0.25, 0.3) is 0 Å². The minimum Gasteiger partial charge on any atom is -0.493 e. The van der Waals surface area contributed by atoms with Crippen molar-refractivity contribution in [2.45, 2.75) is 25.4 Å². The van der Waals surface area contributed by atoms with Crippen molar-refractivity contribution in [3.8, 4) is 11.5 Å². The average molecular weight is 268 g/mol. The van der Waals surface area contributed by atoms with Crippen LogP contribution in [0, 0.1) is 0 Å². The quantitative estimate of drug-likeness (QED) is 0.832. The van der Waals surface area contributed by atoms with Gasteiger partial charge in [0, 0.05) is 12.6 Å². The van der Waals surface area contributed by atoms with E-state index in [1.807, 2.05) is 12.1 Å². The highest BCUT2D eigenvalue weighted by molar-refractivity contribution is 6.33. The molecule has 0 aromatic heterocycles. The number of hydrogen-bond acceptors (Lipinski definition) is 3. The fourth-order valence-electron chi connectivity index (χ4n) is 2.10. The highest BCUT2D eigenvalue weighted by atomic mass is 35.5. The van der Waals surface area contributed by atoms with Crippen molar-refractivity contribution in [2.24, 2.45) is 0 Å². The number of halogens is 1. The summed E-state index contributed by atoms with van der Waals surface area (Å²) >= 11 is 6.32. The van der Waals surface area contributed by atoms with Crippen molar-refractivity contribution in [2.75, 3.05) is 14.2 Å². The van der Waals surface area contributed by atoms with Crippen LogP contribution >= 0.6 is 11.6 Å². The van der Waals surface area contributed by atoms with Crippen LogP contribution in [-0.4, -0.2) is 20.3 Å². The summed E-state index contributed by atoms with van der Waals surface area (Å²) in [5.74, 6) is 1.26. The van der Waals surface area contributed by atoms with Crippen LogP contribution in [0.3, 0.4) is 0 Å². The second kappa shape index (κ2) is 6.12. The van der Waals surface area contributed by atoms with E-state index in [0.29, 0.717) is 22.6 Å². The third-order valence-electron chi connectivity index (χ3n) is 3.15. The molecule has 2 rings (SSSR count). The number of hydrogen-bond donors (Lipinski definition) is 1. The Balaban J connectivity index is 2.08. The lowest BCUT2D eigenvalue weighted by atomic mass is 10.1. The van der Waals surface area contributed by atoms with Crippen LogP contribution < -0.4 is 14.8 Å². The van der Waals surface area contributed by atoms with Crippen LogP contribution in [0.4, 0.5) is 0 Å². The number of rotatable bonds is 5. The van der Waals surface area contributed by atoms with E-state index in [0.717, 1.165) is 24.9 Å². The second-order valence-corrected chi connectivity index (χ2v) is 4.67. The molecule has 0 spiro atoms. The van der Waals surface area contributed by atoms with E-state index in [1.165, 1.54) is 0 Å². The molecule has 0 heterocycles. The van der Waals surface area contributed by atoms with Gasteiger partial charge < -0.3 is 14.8 Å². The molecule has 0 radical (unpaired) electrons. The first-order valence-corrected chi connectivity index (χ1v) is 6.41. The van der Waals surface area contributed by atoms with Crippen LogP contribution in [0.1, 0.15) is 18.4 Å². The first kappa shape index (κ1) is 13.2. The van der Waals surface area contributed by atoms with Crippen molar-refractivity contribution < 1.29 is 9.47 Å². The molecule has 18 heavy (non-hydrogen) atoms. The van der Waals surface area contributed by atoms with Gasteiger partial charge in [-0.3, -0.25) is 0 Å². The first-order chi connectivity index (χ1) is 8.76. The molecule has 0 bridgehead atoms. The van der Waals surface area contributed by atoms with Crippen LogP contribution in [0.2, 0.25) is 5.02 Å². The predicted octanol–water partition coefficient (Wildman–Crippen LogP) is 3.17. The maximum Gasteiger partial charge on any atom is 0.179 e. The molecule has 4 heteroatoms. The van der Waals surface area contributed by atoms with E-state index in [4.69, 9.17) is 21.1 Å². The van der Waals surface area contributed by atoms with Gasteiger partial charge in [0.25, 0.3) is 0 Å². The van der Waals surface area contributed by atoms with Gasteiger partial charge in [0.1, 0.15) is 0 Å². The Labute approximate surface area is 113 Å². The molecule has 1 N–H and O–H groups in total. The van der Waals surface area contributed by atoms with E-state index in [1.54, 1.807) is 14.2 Å². The summed E-state index contributed by atoms with van der Waals surface area (Å²) in [5.41, 5.74) is 1.03. The van der Waals surface area contributed by atoms with E-state index >= 15 is 0 Å². The number of benzene rings is 1. The van der Waals surface area contributed by atoms with E-state index in [2.05, 4.69) is 17.5 Å². The summed E-state index contributed by atoms with van der Waals surface area (Å²) in [4.78, 5) is 0. The molecule has 0 saturated carbocycles. The number of methoxy groups -OCH3 is 2. The monoisotopic (exact) mass is 267 g/mol. The normalized spacial score (nSPS) is 15.1. The summed E-state index contributed by atoms with van der Waals surface area (Å²) in [5, 5.41) is 4.10. The molecule has 0 unspecified atom stereocenters. The van der Waals surface area contributed by atoms with E-state index in [-0.39, 0.29) is 0 Å². The first-order valence-electron chi connectivity index (χ1n) is 6.04. The van der Waals surface area contributed by atoms with Crippen LogP contribution in [-0.2, 0) is 6.54 Å². The Hall–Kier alpha value is -1.19. The Morgan fingerprint density at radius 3 is 2.56 bits per heavy atom. The largest absolute Gasteiger partial charge is 0.493 e. The third kappa shape index (κ3) is 2.79. The summed E-state index contributed by atoms with van der Waals surface area (Å²) in [6, 6.07) is 4.38. The molecular formula is C14H18ClNO2. The standard InChI is InChI=1S/C14H18ClNO2/c1-17-12-8-7-10(13(15)14(12)18-2)9-16-11-5-3-4-6-11/h3-4,7-8,11,16H,5-6,9H2,1-2H3. The molecule has 98 valence electrons.